The van der Waals surface area contributed by atoms with E-state index < -0.39 is 0 Å². The molecule has 0 aromatic heterocycles. The van der Waals surface area contributed by atoms with E-state index in [1.165, 1.54) is 27.8 Å². The summed E-state index contributed by atoms with van der Waals surface area (Å²) < 4.78 is 0. The van der Waals surface area contributed by atoms with Crippen molar-refractivity contribution in [3.8, 4) is 0 Å². The molecule has 0 saturated carbocycles. The summed E-state index contributed by atoms with van der Waals surface area (Å²) in [4.78, 5) is 12.4. The summed E-state index contributed by atoms with van der Waals surface area (Å²) in [5, 5.41) is 3.53. The monoisotopic (exact) mass is 289 g/mol. The van der Waals surface area contributed by atoms with Gasteiger partial charge in [-0.15, -0.1) is 0 Å². The van der Waals surface area contributed by atoms with Crippen LogP contribution in [0.3, 0.4) is 0 Å². The van der Waals surface area contributed by atoms with E-state index in [9.17, 15) is 4.79 Å². The number of carbonyl (C=O) groups is 1. The molecule has 110 valence electrons. The molecule has 1 atom stereocenters. The molecular weight excluding hydrogens is 270 g/mol. The van der Waals surface area contributed by atoms with E-state index in [1.807, 2.05) is 6.07 Å². The van der Waals surface area contributed by atoms with Crippen molar-refractivity contribution in [2.24, 2.45) is 0 Å². The predicted molar refractivity (Wildman–Crippen MR) is 88.4 cm³/mol. The van der Waals surface area contributed by atoms with Crippen LogP contribution in [0.15, 0.2) is 54.2 Å². The van der Waals surface area contributed by atoms with Gasteiger partial charge in [0.2, 0.25) is 0 Å². The van der Waals surface area contributed by atoms with Crippen LogP contribution >= 0.6 is 0 Å². The van der Waals surface area contributed by atoms with Gasteiger partial charge in [-0.3, -0.25) is 4.79 Å². The molecule has 1 N–H and O–H groups in total. The quantitative estimate of drug-likeness (QED) is 0.854. The number of nitrogens with one attached hydrogen (secondary N) is 1. The number of Topliss-reactive ketones (excluding diaryl/α,β-unsaturated/α-hetero) is 1. The van der Waals surface area contributed by atoms with Gasteiger partial charge < -0.3 is 5.32 Å². The topological polar surface area (TPSA) is 29.1 Å². The van der Waals surface area contributed by atoms with Crippen LogP contribution in [0.4, 0.5) is 0 Å². The lowest BCUT2D eigenvalue weighted by atomic mass is 9.80. The van der Waals surface area contributed by atoms with Gasteiger partial charge in [-0.2, -0.15) is 0 Å². The molecule has 0 amide bonds. The second-order valence-corrected chi connectivity index (χ2v) is 6.21. The van der Waals surface area contributed by atoms with Gasteiger partial charge in [0.1, 0.15) is 0 Å². The first kappa shape index (κ1) is 13.3. The zero-order valence-electron chi connectivity index (χ0n) is 12.7. The van der Waals surface area contributed by atoms with Gasteiger partial charge in [0.25, 0.3) is 0 Å². The summed E-state index contributed by atoms with van der Waals surface area (Å²) in [7, 11) is 0. The van der Waals surface area contributed by atoms with Gasteiger partial charge in [-0.1, -0.05) is 54.1 Å². The highest BCUT2D eigenvalue weighted by Crippen LogP contribution is 2.40. The summed E-state index contributed by atoms with van der Waals surface area (Å²) in [5.41, 5.74) is 7.06. The van der Waals surface area contributed by atoms with E-state index in [1.54, 1.807) is 0 Å². The van der Waals surface area contributed by atoms with Gasteiger partial charge in [-0.25, -0.2) is 0 Å². The van der Waals surface area contributed by atoms with Crippen molar-refractivity contribution in [3.63, 3.8) is 0 Å². The van der Waals surface area contributed by atoms with Crippen LogP contribution in [-0.4, -0.2) is 5.78 Å². The number of aryl methyl sites for hydroxylation is 1. The molecular formula is C20H19NO. The molecule has 4 rings (SSSR count). The number of hydrogen-bond donors (Lipinski definition) is 1. The van der Waals surface area contributed by atoms with Crippen LogP contribution in [0.25, 0.3) is 5.57 Å². The third-order valence-electron chi connectivity index (χ3n) is 4.68. The Hall–Kier alpha value is -2.35. The molecule has 0 bridgehead atoms. The highest BCUT2D eigenvalue weighted by Gasteiger charge is 2.31. The zero-order chi connectivity index (χ0) is 15.1. The fourth-order valence-corrected chi connectivity index (χ4v) is 3.61. The summed E-state index contributed by atoms with van der Waals surface area (Å²) in [6, 6.07) is 17.1. The van der Waals surface area contributed by atoms with Gasteiger partial charge in [0.05, 0.1) is 11.7 Å². The van der Waals surface area contributed by atoms with Crippen molar-refractivity contribution in [1.82, 2.24) is 5.32 Å². The molecule has 0 fully saturated rings. The summed E-state index contributed by atoms with van der Waals surface area (Å²) in [6.07, 6.45) is 2.61. The highest BCUT2D eigenvalue weighted by molar-refractivity contribution is 6.04. The van der Waals surface area contributed by atoms with E-state index in [4.69, 9.17) is 0 Å². The van der Waals surface area contributed by atoms with Crippen molar-refractivity contribution >= 4 is 11.4 Å². The zero-order valence-corrected chi connectivity index (χ0v) is 12.7. The maximum Gasteiger partial charge on any atom is 0.179 e. The minimum atomic E-state index is 0.0666. The first-order valence-electron chi connectivity index (χ1n) is 7.93. The summed E-state index contributed by atoms with van der Waals surface area (Å²) in [6.45, 7) is 2.12. The Balaban J connectivity index is 1.92. The number of carbonyl (C=O) groups excluding carboxylic acids is 1. The Labute approximate surface area is 130 Å². The van der Waals surface area contributed by atoms with Crippen LogP contribution in [0.5, 0.6) is 0 Å². The number of allylic oxidation sites excluding steroid dienone is 2. The average molecular weight is 289 g/mol. The molecule has 2 heteroatoms. The molecule has 1 heterocycles. The van der Waals surface area contributed by atoms with Gasteiger partial charge in [0, 0.05) is 6.42 Å². The van der Waals surface area contributed by atoms with Gasteiger partial charge in [-0.05, 0) is 42.0 Å². The summed E-state index contributed by atoms with van der Waals surface area (Å²) in [5.74, 6) is 0.258. The first-order valence-corrected chi connectivity index (χ1v) is 7.93. The Bertz CT molecular complexity index is 774. The molecule has 0 saturated heterocycles. The molecule has 2 aromatic carbocycles. The SMILES string of the molecule is Cc1ccc2c(c1)C(c1ccccc1)NC1=C2CCCC1=O. The maximum absolute atomic E-state index is 12.4. The normalized spacial score (nSPS) is 20.2. The van der Waals surface area contributed by atoms with E-state index >= 15 is 0 Å². The lowest BCUT2D eigenvalue weighted by molar-refractivity contribution is -0.116. The molecule has 1 unspecified atom stereocenters. The van der Waals surface area contributed by atoms with E-state index in [-0.39, 0.29) is 11.8 Å². The molecule has 2 nitrogen and oxygen atoms in total. The number of hydrogen-bond acceptors (Lipinski definition) is 2. The smallest absolute Gasteiger partial charge is 0.179 e. The van der Waals surface area contributed by atoms with E-state index in [0.29, 0.717) is 6.42 Å². The van der Waals surface area contributed by atoms with Crippen molar-refractivity contribution in [2.45, 2.75) is 32.2 Å². The molecule has 0 radical (unpaired) electrons. The van der Waals surface area contributed by atoms with Crippen molar-refractivity contribution in [2.75, 3.05) is 0 Å². The molecule has 1 aliphatic carbocycles. The maximum atomic E-state index is 12.4. The fourth-order valence-electron chi connectivity index (χ4n) is 3.61. The first-order chi connectivity index (χ1) is 10.7. The van der Waals surface area contributed by atoms with Crippen LogP contribution < -0.4 is 5.32 Å². The standard InChI is InChI=1S/C20H19NO/c1-13-10-11-15-16-8-5-9-18(22)20(16)21-19(17(15)12-13)14-6-3-2-4-7-14/h2-4,6-7,10-12,19,21H,5,8-9H2,1H3. The Kier molecular flexibility index (Phi) is 3.11. The molecule has 2 aliphatic rings. The predicted octanol–water partition coefficient (Wildman–Crippen LogP) is 4.15. The third-order valence-corrected chi connectivity index (χ3v) is 4.68. The third kappa shape index (κ3) is 2.07. The van der Waals surface area contributed by atoms with Crippen molar-refractivity contribution < 1.29 is 4.79 Å². The minimum Gasteiger partial charge on any atom is -0.371 e. The molecule has 1 aliphatic heterocycles. The van der Waals surface area contributed by atoms with Gasteiger partial charge >= 0.3 is 0 Å². The minimum absolute atomic E-state index is 0.0666. The largest absolute Gasteiger partial charge is 0.371 e. The lowest BCUT2D eigenvalue weighted by Gasteiger charge is -2.34. The Morgan fingerprint density at radius 1 is 1.05 bits per heavy atom. The fraction of sp³-hybridized carbons (Fsp3) is 0.250. The van der Waals surface area contributed by atoms with Gasteiger partial charge in [0.15, 0.2) is 5.78 Å². The Morgan fingerprint density at radius 2 is 1.86 bits per heavy atom. The highest BCUT2D eigenvalue weighted by atomic mass is 16.1. The van der Waals surface area contributed by atoms with E-state index in [0.717, 1.165) is 18.5 Å². The second-order valence-electron chi connectivity index (χ2n) is 6.21. The van der Waals surface area contributed by atoms with Crippen LogP contribution in [-0.2, 0) is 4.79 Å². The second kappa shape index (κ2) is 5.13. The summed E-state index contributed by atoms with van der Waals surface area (Å²) >= 11 is 0. The van der Waals surface area contributed by atoms with Crippen LogP contribution in [0.2, 0.25) is 0 Å². The molecule has 22 heavy (non-hydrogen) atoms. The van der Waals surface area contributed by atoms with Crippen LogP contribution in [0, 0.1) is 6.92 Å². The van der Waals surface area contributed by atoms with Crippen LogP contribution in [0.1, 0.15) is 47.6 Å². The average Bonchev–Trinajstić information content (AvgIpc) is 2.55. The van der Waals surface area contributed by atoms with Crippen molar-refractivity contribution in [1.29, 1.82) is 0 Å². The number of rotatable bonds is 1. The number of benzene rings is 2. The number of ketones is 1. The lowest BCUT2D eigenvalue weighted by Crippen LogP contribution is -2.33. The molecule has 2 aromatic rings. The Morgan fingerprint density at radius 3 is 2.68 bits per heavy atom. The molecule has 0 spiro atoms. The number of fused-ring (bicyclic) bond motifs is 2. The van der Waals surface area contributed by atoms with E-state index in [2.05, 4.69) is 54.7 Å². The van der Waals surface area contributed by atoms with Crippen molar-refractivity contribution in [3.05, 3.63) is 76.5 Å².